The third kappa shape index (κ3) is 4.18. The number of piperazine rings is 1. The van der Waals surface area contributed by atoms with Crippen molar-refractivity contribution in [2.75, 3.05) is 36.0 Å². The van der Waals surface area contributed by atoms with Gasteiger partial charge in [-0.15, -0.1) is 10.2 Å². The Morgan fingerprint density at radius 1 is 0.926 bits per heavy atom. The van der Waals surface area contributed by atoms with E-state index in [0.29, 0.717) is 5.69 Å². The van der Waals surface area contributed by atoms with Crippen LogP contribution in [0.3, 0.4) is 0 Å². The monoisotopic (exact) mass is 369 g/mol. The van der Waals surface area contributed by atoms with Crippen LogP contribution in [-0.2, 0) is 0 Å². The van der Waals surface area contributed by atoms with Gasteiger partial charge in [0.05, 0.1) is 0 Å². The van der Waals surface area contributed by atoms with Crippen molar-refractivity contribution in [3.63, 3.8) is 0 Å². The van der Waals surface area contributed by atoms with Crippen LogP contribution in [0, 0.1) is 5.82 Å². The number of hydrogen-bond acceptors (Lipinski definition) is 5. The molecule has 2 aliphatic rings. The summed E-state index contributed by atoms with van der Waals surface area (Å²) in [5, 5.41) is 11.4. The smallest absolute Gasteiger partial charge is 0.272 e. The average molecular weight is 369 g/mol. The third-order valence-electron chi connectivity index (χ3n) is 5.37. The topological polar surface area (TPSA) is 61.4 Å². The molecule has 1 aliphatic heterocycles. The van der Waals surface area contributed by atoms with Crippen molar-refractivity contribution >= 4 is 17.4 Å². The van der Waals surface area contributed by atoms with Crippen LogP contribution < -0.4 is 15.1 Å². The fourth-order valence-electron chi connectivity index (χ4n) is 3.79. The molecule has 7 heteroatoms. The van der Waals surface area contributed by atoms with Gasteiger partial charge in [0.15, 0.2) is 11.5 Å². The lowest BCUT2D eigenvalue weighted by Crippen LogP contribution is -2.47. The van der Waals surface area contributed by atoms with Crippen LogP contribution in [0.1, 0.15) is 36.2 Å². The molecule has 2 heterocycles. The number of nitrogens with one attached hydrogen (secondary N) is 1. The summed E-state index contributed by atoms with van der Waals surface area (Å²) >= 11 is 0. The predicted molar refractivity (Wildman–Crippen MR) is 103 cm³/mol. The summed E-state index contributed by atoms with van der Waals surface area (Å²) in [5.74, 6) is 0.429. The van der Waals surface area contributed by atoms with E-state index < -0.39 is 0 Å². The summed E-state index contributed by atoms with van der Waals surface area (Å²) in [6, 6.07) is 10.5. The summed E-state index contributed by atoms with van der Waals surface area (Å²) in [6.07, 6.45) is 4.46. The highest BCUT2D eigenvalue weighted by atomic mass is 19.1. The fraction of sp³-hybridized carbons (Fsp3) is 0.450. The number of halogens is 1. The largest absolute Gasteiger partial charge is 0.368 e. The number of hydrogen-bond donors (Lipinski definition) is 1. The molecular weight excluding hydrogens is 345 g/mol. The van der Waals surface area contributed by atoms with Crippen LogP contribution in [0.2, 0.25) is 0 Å². The second kappa shape index (κ2) is 7.90. The summed E-state index contributed by atoms with van der Waals surface area (Å²) in [6.45, 7) is 3.27. The van der Waals surface area contributed by atoms with Gasteiger partial charge in [0.2, 0.25) is 0 Å². The maximum Gasteiger partial charge on any atom is 0.272 e. The number of amides is 1. The van der Waals surface area contributed by atoms with Gasteiger partial charge in [0.1, 0.15) is 5.82 Å². The normalized spacial score (nSPS) is 18.0. The Morgan fingerprint density at radius 2 is 1.59 bits per heavy atom. The van der Waals surface area contributed by atoms with Crippen molar-refractivity contribution in [1.82, 2.24) is 15.5 Å². The van der Waals surface area contributed by atoms with Gasteiger partial charge in [-0.05, 0) is 49.2 Å². The molecule has 0 unspecified atom stereocenters. The van der Waals surface area contributed by atoms with Gasteiger partial charge in [-0.3, -0.25) is 4.79 Å². The summed E-state index contributed by atoms with van der Waals surface area (Å²) < 4.78 is 13.1. The summed E-state index contributed by atoms with van der Waals surface area (Å²) in [5.41, 5.74) is 1.40. The Labute approximate surface area is 158 Å². The summed E-state index contributed by atoms with van der Waals surface area (Å²) in [4.78, 5) is 16.6. The van der Waals surface area contributed by atoms with E-state index in [-0.39, 0.29) is 17.8 Å². The number of nitrogens with zero attached hydrogens (tertiary/aromatic N) is 4. The van der Waals surface area contributed by atoms with Crippen LogP contribution in [0.15, 0.2) is 36.4 Å². The zero-order valence-corrected chi connectivity index (χ0v) is 15.3. The number of carbonyl (C=O) groups is 1. The van der Waals surface area contributed by atoms with Crippen LogP contribution in [0.4, 0.5) is 15.9 Å². The Morgan fingerprint density at radius 3 is 2.22 bits per heavy atom. The van der Waals surface area contributed by atoms with Gasteiger partial charge in [0, 0.05) is 37.9 Å². The molecular formula is C20H24FN5O. The molecule has 1 saturated heterocycles. The first-order chi connectivity index (χ1) is 13.2. The molecule has 2 fully saturated rings. The van der Waals surface area contributed by atoms with Crippen molar-refractivity contribution in [1.29, 1.82) is 0 Å². The van der Waals surface area contributed by atoms with E-state index in [4.69, 9.17) is 0 Å². The lowest BCUT2D eigenvalue weighted by Gasteiger charge is -2.36. The van der Waals surface area contributed by atoms with Gasteiger partial charge in [0.25, 0.3) is 5.91 Å². The van der Waals surface area contributed by atoms with Gasteiger partial charge in [-0.1, -0.05) is 12.8 Å². The van der Waals surface area contributed by atoms with Gasteiger partial charge in [-0.2, -0.15) is 0 Å². The van der Waals surface area contributed by atoms with Crippen LogP contribution in [0.25, 0.3) is 0 Å². The maximum atomic E-state index is 13.1. The second-order valence-corrected chi connectivity index (χ2v) is 7.18. The number of aromatic nitrogens is 2. The van der Waals surface area contributed by atoms with Gasteiger partial charge >= 0.3 is 0 Å². The molecule has 6 nitrogen and oxygen atoms in total. The minimum Gasteiger partial charge on any atom is -0.368 e. The maximum absolute atomic E-state index is 13.1. The zero-order chi connectivity index (χ0) is 18.6. The van der Waals surface area contributed by atoms with Gasteiger partial charge in [-0.25, -0.2) is 4.39 Å². The number of rotatable bonds is 4. The number of anilines is 2. The second-order valence-electron chi connectivity index (χ2n) is 7.18. The standard InChI is InChI=1S/C20H24FN5O/c21-15-5-7-17(8-6-15)25-11-13-26(14-12-25)19-10-9-18(23-24-19)20(27)22-16-3-1-2-4-16/h5-10,16H,1-4,11-14H2,(H,22,27). The van der Waals surface area contributed by atoms with Crippen molar-refractivity contribution < 1.29 is 9.18 Å². The molecule has 0 atom stereocenters. The number of benzene rings is 1. The molecule has 27 heavy (non-hydrogen) atoms. The molecule has 0 spiro atoms. The summed E-state index contributed by atoms with van der Waals surface area (Å²) in [7, 11) is 0. The average Bonchev–Trinajstić information content (AvgIpc) is 3.22. The first-order valence-electron chi connectivity index (χ1n) is 9.59. The van der Waals surface area contributed by atoms with E-state index in [1.165, 1.54) is 25.0 Å². The molecule has 0 radical (unpaired) electrons. The SMILES string of the molecule is O=C(NC1CCCC1)c1ccc(N2CCN(c3ccc(F)cc3)CC2)nn1. The van der Waals surface area contributed by atoms with E-state index in [9.17, 15) is 9.18 Å². The lowest BCUT2D eigenvalue weighted by molar-refractivity contribution is 0.0932. The minimum absolute atomic E-state index is 0.137. The molecule has 1 saturated carbocycles. The predicted octanol–water partition coefficient (Wildman–Crippen LogP) is 2.61. The van der Waals surface area contributed by atoms with Crippen LogP contribution >= 0.6 is 0 Å². The van der Waals surface area contributed by atoms with Crippen molar-refractivity contribution in [3.8, 4) is 0 Å². The molecule has 1 N–H and O–H groups in total. The quantitative estimate of drug-likeness (QED) is 0.898. The first kappa shape index (κ1) is 17.7. The Bertz CT molecular complexity index is 766. The molecule has 2 aromatic rings. The fourth-order valence-corrected chi connectivity index (χ4v) is 3.79. The van der Waals surface area contributed by atoms with E-state index in [0.717, 1.165) is 50.5 Å². The number of carbonyl (C=O) groups excluding carboxylic acids is 1. The zero-order valence-electron chi connectivity index (χ0n) is 15.3. The van der Waals surface area contributed by atoms with Crippen molar-refractivity contribution in [2.45, 2.75) is 31.7 Å². The van der Waals surface area contributed by atoms with Crippen LogP contribution in [0.5, 0.6) is 0 Å². The Kier molecular flexibility index (Phi) is 5.18. The third-order valence-corrected chi connectivity index (χ3v) is 5.37. The lowest BCUT2D eigenvalue weighted by atomic mass is 10.2. The highest BCUT2D eigenvalue weighted by Crippen LogP contribution is 2.20. The van der Waals surface area contributed by atoms with E-state index in [2.05, 4.69) is 25.3 Å². The molecule has 1 aromatic heterocycles. The molecule has 4 rings (SSSR count). The highest BCUT2D eigenvalue weighted by Gasteiger charge is 2.21. The van der Waals surface area contributed by atoms with Crippen molar-refractivity contribution in [2.24, 2.45) is 0 Å². The molecule has 0 bridgehead atoms. The minimum atomic E-state index is -0.218. The highest BCUT2D eigenvalue weighted by molar-refractivity contribution is 5.92. The Hall–Kier alpha value is -2.70. The van der Waals surface area contributed by atoms with E-state index in [1.54, 1.807) is 6.07 Å². The molecule has 1 aliphatic carbocycles. The van der Waals surface area contributed by atoms with Crippen molar-refractivity contribution in [3.05, 3.63) is 47.9 Å². The first-order valence-corrected chi connectivity index (χ1v) is 9.59. The Balaban J connectivity index is 1.33. The molecule has 142 valence electrons. The van der Waals surface area contributed by atoms with E-state index in [1.807, 2.05) is 18.2 Å². The molecule has 1 aromatic carbocycles. The van der Waals surface area contributed by atoms with Crippen LogP contribution in [-0.4, -0.2) is 48.3 Å². The molecule has 1 amide bonds. The van der Waals surface area contributed by atoms with E-state index >= 15 is 0 Å². The van der Waals surface area contributed by atoms with Gasteiger partial charge < -0.3 is 15.1 Å².